The lowest BCUT2D eigenvalue weighted by molar-refractivity contribution is -0.167. The first-order valence-corrected chi connectivity index (χ1v) is 29.1. The molecule has 0 bridgehead atoms. The van der Waals surface area contributed by atoms with Crippen LogP contribution in [0.15, 0.2) is 170 Å². The van der Waals surface area contributed by atoms with E-state index in [0.717, 1.165) is 161 Å². The monoisotopic (exact) mass is 1020 g/mol. The predicted molar refractivity (Wildman–Crippen MR) is 320 cm³/mol. The zero-order valence-electron chi connectivity index (χ0n) is 47.0. The largest absolute Gasteiger partial charge is 0.462 e. The Morgan fingerprint density at radius 3 is 0.878 bits per heavy atom. The first kappa shape index (κ1) is 68.8. The van der Waals surface area contributed by atoms with Crippen molar-refractivity contribution < 1.29 is 28.6 Å². The van der Waals surface area contributed by atoms with E-state index in [0.29, 0.717) is 19.3 Å². The van der Waals surface area contributed by atoms with E-state index >= 15 is 0 Å². The molecule has 74 heavy (non-hydrogen) atoms. The lowest BCUT2D eigenvalue weighted by Gasteiger charge is -2.18. The lowest BCUT2D eigenvalue weighted by Crippen LogP contribution is -2.30. The highest BCUT2D eigenvalue weighted by atomic mass is 16.6. The molecule has 0 aromatic carbocycles. The SMILES string of the molecule is CC/C=C\C/C=C\C/C=C\C/C=C\C/C=C\C/C=C\C/C=C\C/C=C\C/C=C\CCCCCC(=O)OCC(COC(=O)CCCCCCC/C=C\CCC)OC(=O)CCCC/C=C\C/C=C\C/C=C\C/C=C\CC. The summed E-state index contributed by atoms with van der Waals surface area (Å²) in [6, 6.07) is 0. The molecular weight excluding hydrogens is 913 g/mol. The van der Waals surface area contributed by atoms with Gasteiger partial charge in [-0.2, -0.15) is 0 Å². The number of unbranched alkanes of at least 4 members (excludes halogenated alkanes) is 11. The minimum absolute atomic E-state index is 0.118. The number of ether oxygens (including phenoxy) is 3. The maximum Gasteiger partial charge on any atom is 0.306 e. The molecule has 0 aromatic heterocycles. The number of allylic oxidation sites excluding steroid dienone is 28. The van der Waals surface area contributed by atoms with Gasteiger partial charge in [-0.05, 0) is 148 Å². The van der Waals surface area contributed by atoms with E-state index in [-0.39, 0.29) is 37.5 Å². The Labute approximate surface area is 453 Å². The smallest absolute Gasteiger partial charge is 0.306 e. The minimum Gasteiger partial charge on any atom is -0.462 e. The van der Waals surface area contributed by atoms with Gasteiger partial charge in [-0.25, -0.2) is 0 Å². The van der Waals surface area contributed by atoms with Gasteiger partial charge in [0.1, 0.15) is 13.2 Å². The number of carbonyl (C=O) groups is 3. The van der Waals surface area contributed by atoms with Crippen LogP contribution >= 0.6 is 0 Å². The molecule has 0 N–H and O–H groups in total. The molecule has 0 aliphatic carbocycles. The van der Waals surface area contributed by atoms with E-state index in [9.17, 15) is 14.4 Å². The van der Waals surface area contributed by atoms with Crippen molar-refractivity contribution in [3.8, 4) is 0 Å². The molecule has 412 valence electrons. The van der Waals surface area contributed by atoms with Crippen LogP contribution in [0.3, 0.4) is 0 Å². The summed E-state index contributed by atoms with van der Waals surface area (Å²) in [5.74, 6) is -1.02. The Hall–Kier alpha value is -5.23. The number of carbonyl (C=O) groups excluding carboxylic acids is 3. The summed E-state index contributed by atoms with van der Waals surface area (Å²) in [5, 5.41) is 0. The van der Waals surface area contributed by atoms with Gasteiger partial charge in [0.2, 0.25) is 0 Å². The van der Waals surface area contributed by atoms with Crippen LogP contribution in [-0.4, -0.2) is 37.2 Å². The summed E-state index contributed by atoms with van der Waals surface area (Å²) in [6.07, 6.45) is 89.3. The zero-order valence-corrected chi connectivity index (χ0v) is 47.0. The van der Waals surface area contributed by atoms with Crippen molar-refractivity contribution in [2.24, 2.45) is 0 Å². The Morgan fingerprint density at radius 2 is 0.527 bits per heavy atom. The van der Waals surface area contributed by atoms with Crippen LogP contribution in [0.1, 0.15) is 220 Å². The molecule has 0 fully saturated rings. The van der Waals surface area contributed by atoms with Gasteiger partial charge >= 0.3 is 17.9 Å². The van der Waals surface area contributed by atoms with Gasteiger partial charge < -0.3 is 14.2 Å². The van der Waals surface area contributed by atoms with Gasteiger partial charge in [-0.3, -0.25) is 14.4 Å². The topological polar surface area (TPSA) is 78.9 Å². The Kier molecular flexibility index (Phi) is 56.1. The molecule has 0 aliphatic heterocycles. The van der Waals surface area contributed by atoms with Crippen LogP contribution in [0.4, 0.5) is 0 Å². The molecule has 0 rings (SSSR count). The molecule has 1 atom stereocenters. The average molecular weight is 1020 g/mol. The van der Waals surface area contributed by atoms with E-state index < -0.39 is 6.10 Å². The number of rotatable bonds is 50. The van der Waals surface area contributed by atoms with E-state index in [2.05, 4.69) is 191 Å². The molecule has 0 heterocycles. The summed E-state index contributed by atoms with van der Waals surface area (Å²) in [5.41, 5.74) is 0. The highest BCUT2D eigenvalue weighted by Crippen LogP contribution is 2.12. The van der Waals surface area contributed by atoms with Gasteiger partial charge in [0, 0.05) is 19.3 Å². The minimum atomic E-state index is -0.825. The maximum atomic E-state index is 12.8. The molecule has 0 aromatic rings. The third-order valence-corrected chi connectivity index (χ3v) is 11.4. The van der Waals surface area contributed by atoms with Crippen molar-refractivity contribution >= 4 is 17.9 Å². The maximum absolute atomic E-state index is 12.8. The summed E-state index contributed by atoms with van der Waals surface area (Å²) < 4.78 is 16.7. The van der Waals surface area contributed by atoms with Crippen molar-refractivity contribution in [1.29, 1.82) is 0 Å². The van der Waals surface area contributed by atoms with Gasteiger partial charge in [-0.1, -0.05) is 223 Å². The molecule has 0 radical (unpaired) electrons. The third-order valence-electron chi connectivity index (χ3n) is 11.4. The summed E-state index contributed by atoms with van der Waals surface area (Å²) in [4.78, 5) is 38.0. The average Bonchev–Trinajstić information content (AvgIpc) is 3.40. The van der Waals surface area contributed by atoms with Crippen LogP contribution in [0, 0.1) is 0 Å². The zero-order chi connectivity index (χ0) is 53.6. The summed E-state index contributed by atoms with van der Waals surface area (Å²) in [7, 11) is 0. The van der Waals surface area contributed by atoms with Crippen molar-refractivity contribution in [2.75, 3.05) is 13.2 Å². The number of esters is 3. The molecule has 6 heteroatoms. The molecule has 0 saturated heterocycles. The van der Waals surface area contributed by atoms with Gasteiger partial charge in [0.05, 0.1) is 0 Å². The van der Waals surface area contributed by atoms with Crippen LogP contribution in [0.5, 0.6) is 0 Å². The Balaban J connectivity index is 4.39. The van der Waals surface area contributed by atoms with Gasteiger partial charge in [0.25, 0.3) is 0 Å². The fourth-order valence-corrected chi connectivity index (χ4v) is 7.13. The van der Waals surface area contributed by atoms with Crippen molar-refractivity contribution in [2.45, 2.75) is 226 Å². The van der Waals surface area contributed by atoms with Crippen molar-refractivity contribution in [1.82, 2.24) is 0 Å². The normalized spacial score (nSPS) is 13.4. The first-order chi connectivity index (χ1) is 36.5. The summed E-state index contributed by atoms with van der Waals surface area (Å²) >= 11 is 0. The molecule has 0 spiro atoms. The van der Waals surface area contributed by atoms with Crippen molar-refractivity contribution in [3.63, 3.8) is 0 Å². The quantitative estimate of drug-likeness (QED) is 0.0261. The molecule has 6 nitrogen and oxygen atoms in total. The molecular formula is C68H104O6. The van der Waals surface area contributed by atoms with E-state index in [1.807, 2.05) is 0 Å². The summed E-state index contributed by atoms with van der Waals surface area (Å²) in [6.45, 7) is 6.25. The van der Waals surface area contributed by atoms with Crippen LogP contribution in [-0.2, 0) is 28.6 Å². The molecule has 0 aliphatic rings. The second-order valence-electron chi connectivity index (χ2n) is 18.4. The molecule has 1 unspecified atom stereocenters. The molecule has 0 amide bonds. The van der Waals surface area contributed by atoms with Crippen LogP contribution < -0.4 is 0 Å². The second-order valence-corrected chi connectivity index (χ2v) is 18.4. The number of hydrogen-bond acceptors (Lipinski definition) is 6. The van der Waals surface area contributed by atoms with Crippen LogP contribution in [0.25, 0.3) is 0 Å². The lowest BCUT2D eigenvalue weighted by atomic mass is 10.1. The van der Waals surface area contributed by atoms with E-state index in [4.69, 9.17) is 14.2 Å². The molecule has 0 saturated carbocycles. The highest BCUT2D eigenvalue weighted by molar-refractivity contribution is 5.71. The van der Waals surface area contributed by atoms with Crippen molar-refractivity contribution in [3.05, 3.63) is 170 Å². The fourth-order valence-electron chi connectivity index (χ4n) is 7.13. The predicted octanol–water partition coefficient (Wildman–Crippen LogP) is 19.9. The van der Waals surface area contributed by atoms with Crippen LogP contribution in [0.2, 0.25) is 0 Å². The fraction of sp³-hybridized carbons (Fsp3) is 0.544. The second kappa shape index (κ2) is 60.3. The first-order valence-electron chi connectivity index (χ1n) is 29.1. The number of hydrogen-bond donors (Lipinski definition) is 0. The van der Waals surface area contributed by atoms with Gasteiger partial charge in [0.15, 0.2) is 6.10 Å². The third kappa shape index (κ3) is 57.7. The Morgan fingerprint density at radius 1 is 0.284 bits per heavy atom. The van der Waals surface area contributed by atoms with E-state index in [1.54, 1.807) is 0 Å². The van der Waals surface area contributed by atoms with Gasteiger partial charge in [-0.15, -0.1) is 0 Å². The van der Waals surface area contributed by atoms with E-state index in [1.165, 1.54) is 12.8 Å². The standard InChI is InChI=1S/C68H104O6/c1-4-7-10-13-16-19-22-24-26-27-28-29-30-31-32-33-34-35-36-37-38-39-40-41-43-44-46-49-52-55-58-61-67(70)73-64-65(63-72-66(69)60-57-54-51-48-21-18-15-12-9-6-3)74-68(71)62-59-56-53-50-47-45-42-25-23-20-17-14-11-8-5-2/h7-8,10-12,15-17,19-20,24-26,28-29,31-32,34-35,37-38,40-42,44,46-47,50,65H,4-6,9,13-14,18,21-23,27,30,33,36,39,43,45,48-49,51-64H2,1-3H3/b10-7-,11-8-,15-12-,19-16-,20-17-,26-24-,29-28-,32-31-,35-34-,38-37-,41-40-,42-25-,46-44-,50-47-. The highest BCUT2D eigenvalue weighted by Gasteiger charge is 2.19. The Bertz CT molecular complexity index is 1740.